The molecule has 0 saturated heterocycles. The normalized spacial score (nSPS) is 13.6. The van der Waals surface area contributed by atoms with E-state index < -0.39 is 12.2 Å². The van der Waals surface area contributed by atoms with Crippen LogP contribution >= 0.6 is 23.2 Å². The Morgan fingerprint density at radius 3 is 2.60 bits per heavy atom. The molecule has 1 aromatic rings. The smallest absolute Gasteiger partial charge is 0.248 e. The van der Waals surface area contributed by atoms with Gasteiger partial charge >= 0.3 is 0 Å². The third-order valence-corrected chi connectivity index (χ3v) is 3.01. The fraction of sp³-hybridized carbons (Fsp3) is 0.357. The van der Waals surface area contributed by atoms with Crippen LogP contribution in [0.4, 0.5) is 0 Å². The van der Waals surface area contributed by atoms with E-state index in [2.05, 4.69) is 11.9 Å². The third-order valence-electron chi connectivity index (χ3n) is 2.57. The van der Waals surface area contributed by atoms with Gasteiger partial charge in [-0.25, -0.2) is 0 Å². The van der Waals surface area contributed by atoms with Crippen LogP contribution in [-0.2, 0) is 9.53 Å². The topological polar surface area (TPSA) is 58.6 Å². The number of benzene rings is 1. The lowest BCUT2D eigenvalue weighted by Crippen LogP contribution is -2.37. The Hall–Kier alpha value is -1.07. The molecule has 20 heavy (non-hydrogen) atoms. The summed E-state index contributed by atoms with van der Waals surface area (Å²) < 4.78 is 5.18. The molecule has 0 aliphatic heterocycles. The van der Waals surface area contributed by atoms with E-state index in [1.807, 2.05) is 0 Å². The summed E-state index contributed by atoms with van der Waals surface area (Å²) in [6, 6.07) is 4.77. The van der Waals surface area contributed by atoms with Crippen molar-refractivity contribution in [2.24, 2.45) is 0 Å². The molecular weight excluding hydrogens is 301 g/mol. The van der Waals surface area contributed by atoms with Crippen molar-refractivity contribution in [3.63, 3.8) is 0 Å². The summed E-state index contributed by atoms with van der Waals surface area (Å²) in [7, 11) is 0. The Morgan fingerprint density at radius 2 is 2.05 bits per heavy atom. The predicted octanol–water partition coefficient (Wildman–Crippen LogP) is 2.73. The van der Waals surface area contributed by atoms with E-state index >= 15 is 0 Å². The molecule has 2 atom stereocenters. The minimum absolute atomic E-state index is 0.0529. The lowest BCUT2D eigenvalue weighted by atomic mass is 10.1. The van der Waals surface area contributed by atoms with Crippen molar-refractivity contribution in [3.05, 3.63) is 46.5 Å². The van der Waals surface area contributed by atoms with Gasteiger partial charge in [0.2, 0.25) is 5.91 Å². The maximum Gasteiger partial charge on any atom is 0.248 e. The lowest BCUT2D eigenvalue weighted by molar-refractivity contribution is -0.131. The number of hydrogen-bond donors (Lipinski definition) is 2. The molecule has 0 aliphatic rings. The molecule has 1 amide bonds. The summed E-state index contributed by atoms with van der Waals surface area (Å²) in [6.45, 7) is 5.47. The van der Waals surface area contributed by atoms with Gasteiger partial charge in [-0.2, -0.15) is 0 Å². The van der Waals surface area contributed by atoms with Gasteiger partial charge in [0.1, 0.15) is 6.10 Å². The number of ether oxygens (including phenoxy) is 1. The van der Waals surface area contributed by atoms with Gasteiger partial charge < -0.3 is 15.2 Å². The molecule has 0 unspecified atom stereocenters. The Morgan fingerprint density at radius 1 is 1.45 bits per heavy atom. The number of hydrogen-bond acceptors (Lipinski definition) is 3. The van der Waals surface area contributed by atoms with Gasteiger partial charge in [0.05, 0.1) is 12.7 Å². The summed E-state index contributed by atoms with van der Waals surface area (Å²) >= 11 is 11.7. The second-order valence-corrected chi connectivity index (χ2v) is 5.10. The third kappa shape index (κ3) is 5.51. The number of aliphatic hydroxyl groups excluding tert-OH is 1. The number of carbonyl (C=O) groups is 1. The lowest BCUT2D eigenvalue weighted by Gasteiger charge is -2.16. The molecule has 0 fully saturated rings. The van der Waals surface area contributed by atoms with Gasteiger partial charge in [0.15, 0.2) is 0 Å². The molecule has 0 radical (unpaired) electrons. The maximum atomic E-state index is 11.7. The molecule has 0 aromatic heterocycles. The van der Waals surface area contributed by atoms with Gasteiger partial charge in [0.25, 0.3) is 0 Å². The van der Waals surface area contributed by atoms with Crippen molar-refractivity contribution in [3.8, 4) is 0 Å². The fourth-order valence-electron chi connectivity index (χ4n) is 1.51. The van der Waals surface area contributed by atoms with E-state index in [1.165, 1.54) is 0 Å². The van der Waals surface area contributed by atoms with E-state index in [-0.39, 0.29) is 12.5 Å². The molecule has 0 bridgehead atoms. The number of nitrogens with one attached hydrogen (secondary N) is 1. The second-order valence-electron chi connectivity index (χ2n) is 4.23. The molecule has 0 heterocycles. The molecule has 0 spiro atoms. The maximum absolute atomic E-state index is 11.7. The van der Waals surface area contributed by atoms with Crippen LogP contribution in [0.25, 0.3) is 0 Å². The molecule has 2 N–H and O–H groups in total. The van der Waals surface area contributed by atoms with Gasteiger partial charge in [0, 0.05) is 16.6 Å². The number of amides is 1. The Bertz CT molecular complexity index is 459. The van der Waals surface area contributed by atoms with Crippen LogP contribution in [0.5, 0.6) is 0 Å². The summed E-state index contributed by atoms with van der Waals surface area (Å²) in [4.78, 5) is 11.7. The van der Waals surface area contributed by atoms with Crippen molar-refractivity contribution in [1.82, 2.24) is 5.32 Å². The first-order valence-electron chi connectivity index (χ1n) is 6.08. The standard InChI is InChI=1S/C14H17Cl2NO3/c1-3-4-20-9(2)14(19)17-8-13(18)10-5-11(15)7-12(16)6-10/h3,5-7,9,13,18H,1,4,8H2,2H3,(H,17,19)/t9-,13-/m0/s1. The van der Waals surface area contributed by atoms with Crippen molar-refractivity contribution >= 4 is 29.1 Å². The van der Waals surface area contributed by atoms with E-state index in [9.17, 15) is 9.90 Å². The number of aliphatic hydroxyl groups is 1. The van der Waals surface area contributed by atoms with E-state index in [0.717, 1.165) is 0 Å². The second kappa shape index (κ2) is 8.27. The number of halogens is 2. The molecule has 110 valence electrons. The number of carbonyl (C=O) groups excluding carboxylic acids is 1. The molecule has 1 aromatic carbocycles. The van der Waals surface area contributed by atoms with Crippen LogP contribution in [-0.4, -0.2) is 30.3 Å². The van der Waals surface area contributed by atoms with E-state index in [0.29, 0.717) is 22.2 Å². The van der Waals surface area contributed by atoms with Gasteiger partial charge in [-0.1, -0.05) is 29.3 Å². The minimum Gasteiger partial charge on any atom is -0.387 e. The molecule has 0 saturated carbocycles. The van der Waals surface area contributed by atoms with Crippen molar-refractivity contribution in [2.75, 3.05) is 13.2 Å². The van der Waals surface area contributed by atoms with Crippen LogP contribution in [0.15, 0.2) is 30.9 Å². The van der Waals surface area contributed by atoms with E-state index in [1.54, 1.807) is 31.2 Å². The van der Waals surface area contributed by atoms with Crippen LogP contribution < -0.4 is 5.32 Å². The van der Waals surface area contributed by atoms with Gasteiger partial charge in [-0.05, 0) is 30.7 Å². The molecule has 4 nitrogen and oxygen atoms in total. The molecule has 1 rings (SSSR count). The van der Waals surface area contributed by atoms with Crippen LogP contribution in [0.1, 0.15) is 18.6 Å². The average Bonchev–Trinajstić information content (AvgIpc) is 2.40. The van der Waals surface area contributed by atoms with Crippen molar-refractivity contribution in [2.45, 2.75) is 19.1 Å². The first-order chi connectivity index (χ1) is 9.43. The Balaban J connectivity index is 2.52. The SMILES string of the molecule is C=CCO[C@@H](C)C(=O)NC[C@H](O)c1cc(Cl)cc(Cl)c1. The zero-order valence-corrected chi connectivity index (χ0v) is 12.6. The molecule has 6 heteroatoms. The zero-order chi connectivity index (χ0) is 15.1. The summed E-state index contributed by atoms with van der Waals surface area (Å²) in [6.07, 6.45) is 0.0666. The largest absolute Gasteiger partial charge is 0.387 e. The van der Waals surface area contributed by atoms with Crippen LogP contribution in [0.3, 0.4) is 0 Å². The van der Waals surface area contributed by atoms with Gasteiger partial charge in [-0.15, -0.1) is 6.58 Å². The Kier molecular flexibility index (Phi) is 7.02. The highest BCUT2D eigenvalue weighted by Crippen LogP contribution is 2.23. The van der Waals surface area contributed by atoms with Crippen LogP contribution in [0, 0.1) is 0 Å². The monoisotopic (exact) mass is 317 g/mol. The fourth-order valence-corrected chi connectivity index (χ4v) is 2.06. The minimum atomic E-state index is -0.887. The number of rotatable bonds is 7. The van der Waals surface area contributed by atoms with Gasteiger partial charge in [-0.3, -0.25) is 4.79 Å². The summed E-state index contributed by atoms with van der Waals surface area (Å²) in [5.74, 6) is -0.306. The van der Waals surface area contributed by atoms with Crippen LogP contribution in [0.2, 0.25) is 10.0 Å². The highest BCUT2D eigenvalue weighted by atomic mass is 35.5. The molecule has 0 aliphatic carbocycles. The first kappa shape index (κ1) is 17.0. The quantitative estimate of drug-likeness (QED) is 0.760. The molecular formula is C14H17Cl2NO3. The van der Waals surface area contributed by atoms with E-state index in [4.69, 9.17) is 27.9 Å². The highest BCUT2D eigenvalue weighted by Gasteiger charge is 2.15. The predicted molar refractivity (Wildman–Crippen MR) is 80.0 cm³/mol. The van der Waals surface area contributed by atoms with Crippen molar-refractivity contribution < 1.29 is 14.6 Å². The van der Waals surface area contributed by atoms with Crippen molar-refractivity contribution in [1.29, 1.82) is 0 Å². The summed E-state index contributed by atoms with van der Waals surface area (Å²) in [5.41, 5.74) is 0.544. The first-order valence-corrected chi connectivity index (χ1v) is 6.84. The Labute approximate surface area is 128 Å². The zero-order valence-electron chi connectivity index (χ0n) is 11.1. The highest BCUT2D eigenvalue weighted by molar-refractivity contribution is 6.34. The summed E-state index contributed by atoms with van der Waals surface area (Å²) in [5, 5.41) is 13.4. The average molecular weight is 318 g/mol.